The van der Waals surface area contributed by atoms with Gasteiger partial charge >= 0.3 is 0 Å². The quantitative estimate of drug-likeness (QED) is 0.856. The summed E-state index contributed by atoms with van der Waals surface area (Å²) in [5.41, 5.74) is 6.08. The lowest BCUT2D eigenvalue weighted by Crippen LogP contribution is -2.33. The van der Waals surface area contributed by atoms with Gasteiger partial charge in [-0.25, -0.2) is 0 Å². The summed E-state index contributed by atoms with van der Waals surface area (Å²) in [5.74, 6) is 0.160. The fourth-order valence-corrected chi connectivity index (χ4v) is 1.27. The number of carbonyl (C=O) groups excluding carboxylic acids is 1. The highest BCUT2D eigenvalue weighted by Crippen LogP contribution is 2.18. The fraction of sp³-hybridized carbons (Fsp3) is 0.417. The molecule has 0 amide bonds. The molecule has 0 fully saturated rings. The zero-order valence-corrected chi connectivity index (χ0v) is 9.84. The molecular weight excluding hydrogens is 210 g/mol. The average molecular weight is 226 g/mol. The summed E-state index contributed by atoms with van der Waals surface area (Å²) in [6, 6.07) is 7.32. The number of benzene rings is 1. The van der Waals surface area contributed by atoms with E-state index in [0.717, 1.165) is 5.56 Å². The maximum Gasteiger partial charge on any atom is 0.144 e. The van der Waals surface area contributed by atoms with Gasteiger partial charge in [0, 0.05) is 23.4 Å². The molecule has 0 radical (unpaired) electrons. The molecule has 2 N–H and O–H groups in total. The number of halogens is 1. The molecule has 0 saturated carbocycles. The Morgan fingerprint density at radius 3 is 2.33 bits per heavy atom. The van der Waals surface area contributed by atoms with Crippen molar-refractivity contribution in [3.63, 3.8) is 0 Å². The summed E-state index contributed by atoms with van der Waals surface area (Å²) in [6.45, 7) is 4.11. The molecule has 0 bridgehead atoms. The highest BCUT2D eigenvalue weighted by Gasteiger charge is 2.25. The van der Waals surface area contributed by atoms with E-state index in [1.807, 2.05) is 26.0 Å². The summed E-state index contributed by atoms with van der Waals surface area (Å²) in [5, 5.41) is 0.685. The van der Waals surface area contributed by atoms with Gasteiger partial charge in [0.25, 0.3) is 0 Å². The van der Waals surface area contributed by atoms with Crippen LogP contribution in [0.3, 0.4) is 0 Å². The number of hydrogen-bond donors (Lipinski definition) is 1. The van der Waals surface area contributed by atoms with Crippen LogP contribution in [0.2, 0.25) is 5.02 Å². The molecule has 15 heavy (non-hydrogen) atoms. The van der Waals surface area contributed by atoms with Gasteiger partial charge in [-0.05, 0) is 17.7 Å². The highest BCUT2D eigenvalue weighted by molar-refractivity contribution is 6.30. The van der Waals surface area contributed by atoms with Crippen LogP contribution in [0, 0.1) is 5.41 Å². The molecule has 1 aromatic carbocycles. The molecule has 1 aromatic rings. The topological polar surface area (TPSA) is 43.1 Å². The molecule has 0 spiro atoms. The molecule has 0 aliphatic heterocycles. The van der Waals surface area contributed by atoms with Gasteiger partial charge in [0.1, 0.15) is 5.78 Å². The number of nitrogens with two attached hydrogens (primary N) is 1. The normalized spacial score (nSPS) is 11.5. The monoisotopic (exact) mass is 225 g/mol. The van der Waals surface area contributed by atoms with Crippen molar-refractivity contribution in [1.29, 1.82) is 0 Å². The van der Waals surface area contributed by atoms with Gasteiger partial charge in [0.15, 0.2) is 0 Å². The zero-order chi connectivity index (χ0) is 11.5. The van der Waals surface area contributed by atoms with Crippen LogP contribution in [0.1, 0.15) is 19.4 Å². The molecule has 3 heteroatoms. The molecule has 0 aliphatic rings. The van der Waals surface area contributed by atoms with E-state index in [0.29, 0.717) is 18.0 Å². The summed E-state index contributed by atoms with van der Waals surface area (Å²) in [4.78, 5) is 11.8. The van der Waals surface area contributed by atoms with Crippen LogP contribution in [0.5, 0.6) is 0 Å². The Morgan fingerprint density at radius 1 is 1.33 bits per heavy atom. The number of Topliss-reactive ketones (excluding diaryl/α,β-unsaturated/α-hetero) is 1. The first-order chi connectivity index (χ1) is 6.95. The first-order valence-corrected chi connectivity index (χ1v) is 5.31. The molecular formula is C12H16ClNO. The Balaban J connectivity index is 2.71. The molecule has 0 atom stereocenters. The van der Waals surface area contributed by atoms with Gasteiger partial charge in [-0.15, -0.1) is 0 Å². The fourth-order valence-electron chi connectivity index (χ4n) is 1.14. The lowest BCUT2D eigenvalue weighted by atomic mass is 9.85. The lowest BCUT2D eigenvalue weighted by Gasteiger charge is -2.20. The van der Waals surface area contributed by atoms with Crippen LogP contribution in [-0.2, 0) is 11.2 Å². The highest BCUT2D eigenvalue weighted by atomic mass is 35.5. The second-order valence-corrected chi connectivity index (χ2v) is 4.75. The van der Waals surface area contributed by atoms with E-state index in [1.54, 1.807) is 12.1 Å². The third kappa shape index (κ3) is 3.33. The van der Waals surface area contributed by atoms with E-state index >= 15 is 0 Å². The summed E-state index contributed by atoms with van der Waals surface area (Å²) in [6.07, 6.45) is 0.418. The zero-order valence-electron chi connectivity index (χ0n) is 9.09. The van der Waals surface area contributed by atoms with E-state index in [4.69, 9.17) is 17.3 Å². The van der Waals surface area contributed by atoms with Crippen molar-refractivity contribution in [1.82, 2.24) is 0 Å². The van der Waals surface area contributed by atoms with Gasteiger partial charge in [0.2, 0.25) is 0 Å². The molecule has 0 saturated heterocycles. The minimum atomic E-state index is -0.445. The van der Waals surface area contributed by atoms with Crippen LogP contribution in [0.4, 0.5) is 0 Å². The third-order valence-corrected chi connectivity index (χ3v) is 2.80. The second kappa shape index (κ2) is 4.77. The van der Waals surface area contributed by atoms with Crippen molar-refractivity contribution in [2.75, 3.05) is 6.54 Å². The van der Waals surface area contributed by atoms with Gasteiger partial charge < -0.3 is 5.73 Å². The summed E-state index contributed by atoms with van der Waals surface area (Å²) in [7, 11) is 0. The molecule has 82 valence electrons. The predicted molar refractivity (Wildman–Crippen MR) is 63.0 cm³/mol. The number of rotatable bonds is 4. The number of carbonyl (C=O) groups is 1. The Labute approximate surface area is 95.4 Å². The van der Waals surface area contributed by atoms with Gasteiger partial charge in [0.05, 0.1) is 0 Å². The average Bonchev–Trinajstić information content (AvgIpc) is 2.21. The lowest BCUT2D eigenvalue weighted by molar-refractivity contribution is -0.125. The van der Waals surface area contributed by atoms with Gasteiger partial charge in [-0.1, -0.05) is 37.6 Å². The van der Waals surface area contributed by atoms with Crippen molar-refractivity contribution < 1.29 is 4.79 Å². The van der Waals surface area contributed by atoms with Crippen LogP contribution in [0.25, 0.3) is 0 Å². The Kier molecular flexibility index (Phi) is 3.89. The van der Waals surface area contributed by atoms with Crippen molar-refractivity contribution in [2.24, 2.45) is 11.1 Å². The Hall–Kier alpha value is -0.860. The minimum absolute atomic E-state index is 0.160. The minimum Gasteiger partial charge on any atom is -0.329 e. The first kappa shape index (κ1) is 12.2. The third-order valence-electron chi connectivity index (χ3n) is 2.54. The van der Waals surface area contributed by atoms with Gasteiger partial charge in [-0.3, -0.25) is 4.79 Å². The predicted octanol–water partition coefficient (Wildman–Crippen LogP) is 2.44. The molecule has 0 aliphatic carbocycles. The maximum absolute atomic E-state index is 11.8. The van der Waals surface area contributed by atoms with Crippen LogP contribution in [-0.4, -0.2) is 12.3 Å². The van der Waals surface area contributed by atoms with E-state index < -0.39 is 5.41 Å². The molecule has 0 unspecified atom stereocenters. The van der Waals surface area contributed by atoms with Crippen molar-refractivity contribution in [3.8, 4) is 0 Å². The molecule has 0 heterocycles. The SMILES string of the molecule is CC(C)(CN)C(=O)Cc1ccc(Cl)cc1. The standard InChI is InChI=1S/C12H16ClNO/c1-12(2,8-14)11(15)7-9-3-5-10(13)6-4-9/h3-6H,7-8,14H2,1-2H3. The van der Waals surface area contributed by atoms with E-state index in [9.17, 15) is 4.79 Å². The van der Waals surface area contributed by atoms with Crippen molar-refractivity contribution in [3.05, 3.63) is 34.9 Å². The second-order valence-electron chi connectivity index (χ2n) is 4.31. The first-order valence-electron chi connectivity index (χ1n) is 4.93. The Morgan fingerprint density at radius 2 is 1.87 bits per heavy atom. The molecule has 0 aromatic heterocycles. The van der Waals surface area contributed by atoms with Crippen LogP contribution in [0.15, 0.2) is 24.3 Å². The van der Waals surface area contributed by atoms with E-state index in [-0.39, 0.29) is 5.78 Å². The van der Waals surface area contributed by atoms with Crippen molar-refractivity contribution in [2.45, 2.75) is 20.3 Å². The largest absolute Gasteiger partial charge is 0.329 e. The molecule has 2 nitrogen and oxygen atoms in total. The van der Waals surface area contributed by atoms with Crippen molar-refractivity contribution >= 4 is 17.4 Å². The Bertz CT molecular complexity index is 343. The number of hydrogen-bond acceptors (Lipinski definition) is 2. The van der Waals surface area contributed by atoms with E-state index in [1.165, 1.54) is 0 Å². The van der Waals surface area contributed by atoms with Gasteiger partial charge in [-0.2, -0.15) is 0 Å². The smallest absolute Gasteiger partial charge is 0.144 e. The summed E-state index contributed by atoms with van der Waals surface area (Å²) >= 11 is 5.76. The maximum atomic E-state index is 11.8. The summed E-state index contributed by atoms with van der Waals surface area (Å²) < 4.78 is 0. The van der Waals surface area contributed by atoms with E-state index in [2.05, 4.69) is 0 Å². The molecule has 1 rings (SSSR count). The number of ketones is 1. The van der Waals surface area contributed by atoms with Crippen LogP contribution >= 0.6 is 11.6 Å². The van der Waals surface area contributed by atoms with Crippen LogP contribution < -0.4 is 5.73 Å².